The molecule has 16 heavy (non-hydrogen) atoms. The molecule has 0 aliphatic carbocycles. The van der Waals surface area contributed by atoms with Crippen LogP contribution in [-0.2, 0) is 9.53 Å². The molecule has 0 spiro atoms. The first-order valence-electron chi connectivity index (χ1n) is 6.01. The van der Waals surface area contributed by atoms with Crippen LogP contribution in [0.25, 0.3) is 0 Å². The SMILES string of the molecule is COCCC[N+](C)(C)CCCCCC(=O)O. The summed E-state index contributed by atoms with van der Waals surface area (Å²) in [5.41, 5.74) is 0. The van der Waals surface area contributed by atoms with E-state index in [1.165, 1.54) is 0 Å². The van der Waals surface area contributed by atoms with Gasteiger partial charge < -0.3 is 14.3 Å². The Bertz CT molecular complexity index is 193. The highest BCUT2D eigenvalue weighted by atomic mass is 16.5. The fourth-order valence-electron chi connectivity index (χ4n) is 1.74. The van der Waals surface area contributed by atoms with Gasteiger partial charge in [-0.1, -0.05) is 0 Å². The molecule has 1 N–H and O–H groups in total. The van der Waals surface area contributed by atoms with Crippen LogP contribution < -0.4 is 0 Å². The summed E-state index contributed by atoms with van der Waals surface area (Å²) in [7, 11) is 6.16. The van der Waals surface area contributed by atoms with E-state index in [-0.39, 0.29) is 0 Å². The van der Waals surface area contributed by atoms with E-state index in [1.54, 1.807) is 7.11 Å². The van der Waals surface area contributed by atoms with Crippen molar-refractivity contribution in [3.8, 4) is 0 Å². The molecule has 96 valence electrons. The van der Waals surface area contributed by atoms with E-state index in [0.29, 0.717) is 6.42 Å². The summed E-state index contributed by atoms with van der Waals surface area (Å²) < 4.78 is 6.03. The number of carbonyl (C=O) groups is 1. The second-order valence-corrected chi connectivity index (χ2v) is 4.93. The lowest BCUT2D eigenvalue weighted by molar-refractivity contribution is -0.890. The summed E-state index contributed by atoms with van der Waals surface area (Å²) in [5.74, 6) is -0.686. The Balaban J connectivity index is 3.46. The molecule has 0 fully saturated rings. The maximum atomic E-state index is 10.3. The van der Waals surface area contributed by atoms with Crippen LogP contribution >= 0.6 is 0 Å². The highest BCUT2D eigenvalue weighted by Crippen LogP contribution is 2.06. The quantitative estimate of drug-likeness (QED) is 0.461. The molecule has 0 unspecified atom stereocenters. The van der Waals surface area contributed by atoms with E-state index >= 15 is 0 Å². The highest BCUT2D eigenvalue weighted by Gasteiger charge is 2.13. The number of hydrogen-bond donors (Lipinski definition) is 1. The Labute approximate surface area is 98.8 Å². The number of carboxylic acid groups (broad SMARTS) is 1. The second kappa shape index (κ2) is 8.53. The zero-order valence-corrected chi connectivity index (χ0v) is 10.9. The predicted octanol–water partition coefficient (Wildman–Crippen LogP) is 1.74. The lowest BCUT2D eigenvalue weighted by Gasteiger charge is -2.29. The van der Waals surface area contributed by atoms with Crippen LogP contribution in [0.1, 0.15) is 32.1 Å². The fourth-order valence-corrected chi connectivity index (χ4v) is 1.74. The van der Waals surface area contributed by atoms with Gasteiger partial charge in [-0.25, -0.2) is 0 Å². The largest absolute Gasteiger partial charge is 0.481 e. The number of nitrogens with zero attached hydrogens (tertiary/aromatic N) is 1. The smallest absolute Gasteiger partial charge is 0.303 e. The second-order valence-electron chi connectivity index (χ2n) is 4.93. The van der Waals surface area contributed by atoms with Gasteiger partial charge in [0.05, 0.1) is 33.8 Å². The molecule has 0 rings (SSSR count). The topological polar surface area (TPSA) is 46.5 Å². The minimum atomic E-state index is -0.686. The summed E-state index contributed by atoms with van der Waals surface area (Å²) >= 11 is 0. The van der Waals surface area contributed by atoms with Crippen molar-refractivity contribution in [2.24, 2.45) is 0 Å². The molecule has 0 saturated heterocycles. The van der Waals surface area contributed by atoms with Crippen molar-refractivity contribution in [1.82, 2.24) is 0 Å². The minimum Gasteiger partial charge on any atom is -0.481 e. The Hall–Kier alpha value is -0.610. The number of ether oxygens (including phenoxy) is 1. The van der Waals surface area contributed by atoms with Crippen molar-refractivity contribution in [2.45, 2.75) is 32.1 Å². The molecule has 0 amide bonds. The molecule has 0 atom stereocenters. The summed E-state index contributed by atoms with van der Waals surface area (Å²) in [6.45, 7) is 3.05. The van der Waals surface area contributed by atoms with E-state index in [4.69, 9.17) is 9.84 Å². The van der Waals surface area contributed by atoms with Gasteiger partial charge in [0.25, 0.3) is 0 Å². The number of hydrogen-bond acceptors (Lipinski definition) is 2. The van der Waals surface area contributed by atoms with E-state index in [0.717, 1.165) is 49.9 Å². The zero-order chi connectivity index (χ0) is 12.4. The zero-order valence-electron chi connectivity index (χ0n) is 10.9. The molecule has 0 saturated carbocycles. The van der Waals surface area contributed by atoms with Gasteiger partial charge >= 0.3 is 5.97 Å². The minimum absolute atomic E-state index is 0.303. The number of aliphatic carboxylic acids is 1. The third-order valence-corrected chi connectivity index (χ3v) is 2.77. The first-order valence-corrected chi connectivity index (χ1v) is 6.01. The number of unbranched alkanes of at least 4 members (excludes halogenated alkanes) is 2. The average molecular weight is 232 g/mol. The van der Waals surface area contributed by atoms with E-state index in [9.17, 15) is 4.79 Å². The van der Waals surface area contributed by atoms with Gasteiger partial charge in [0, 0.05) is 20.0 Å². The molecule has 0 aliphatic rings. The molecular formula is C12H26NO3+. The molecule has 0 aliphatic heterocycles. The Morgan fingerprint density at radius 3 is 2.31 bits per heavy atom. The third kappa shape index (κ3) is 9.93. The van der Waals surface area contributed by atoms with Crippen LogP contribution in [0, 0.1) is 0 Å². The van der Waals surface area contributed by atoms with Crippen LogP contribution in [-0.4, -0.2) is 56.5 Å². The number of methoxy groups -OCH3 is 1. The van der Waals surface area contributed by atoms with Gasteiger partial charge in [-0.05, 0) is 19.3 Å². The van der Waals surface area contributed by atoms with Crippen LogP contribution in [0.4, 0.5) is 0 Å². The van der Waals surface area contributed by atoms with Crippen LogP contribution in [0.15, 0.2) is 0 Å². The monoisotopic (exact) mass is 232 g/mol. The lowest BCUT2D eigenvalue weighted by atomic mass is 10.2. The van der Waals surface area contributed by atoms with Crippen molar-refractivity contribution in [2.75, 3.05) is 40.9 Å². The summed E-state index contributed by atoms with van der Waals surface area (Å²) in [5, 5.41) is 8.50. The normalized spacial score (nSPS) is 11.7. The molecule has 0 aromatic rings. The van der Waals surface area contributed by atoms with Crippen molar-refractivity contribution in [3.63, 3.8) is 0 Å². The first-order chi connectivity index (χ1) is 7.48. The highest BCUT2D eigenvalue weighted by molar-refractivity contribution is 5.66. The van der Waals surface area contributed by atoms with Crippen LogP contribution in [0.2, 0.25) is 0 Å². The average Bonchev–Trinajstić information content (AvgIpc) is 2.16. The molecule has 0 aromatic heterocycles. The molecule has 0 heterocycles. The first kappa shape index (κ1) is 15.4. The molecule has 0 bridgehead atoms. The molecular weight excluding hydrogens is 206 g/mol. The standard InChI is InChI=1S/C12H25NO3/c1-13(2,10-7-11-16-3)9-6-4-5-8-12(14)15/h4-11H2,1-3H3/p+1. The fraction of sp³-hybridized carbons (Fsp3) is 0.917. The lowest BCUT2D eigenvalue weighted by Crippen LogP contribution is -2.41. The number of rotatable bonds is 10. The van der Waals surface area contributed by atoms with Crippen molar-refractivity contribution >= 4 is 5.97 Å². The Kier molecular flexibility index (Phi) is 8.21. The van der Waals surface area contributed by atoms with E-state index in [1.807, 2.05) is 0 Å². The maximum absolute atomic E-state index is 10.3. The maximum Gasteiger partial charge on any atom is 0.303 e. The Morgan fingerprint density at radius 1 is 1.12 bits per heavy atom. The van der Waals surface area contributed by atoms with Gasteiger partial charge in [-0.15, -0.1) is 0 Å². The summed E-state index contributed by atoms with van der Waals surface area (Å²) in [6, 6.07) is 0. The third-order valence-electron chi connectivity index (χ3n) is 2.77. The summed E-state index contributed by atoms with van der Waals surface area (Å²) in [6.07, 6.45) is 4.30. The van der Waals surface area contributed by atoms with Crippen molar-refractivity contribution < 1.29 is 19.1 Å². The van der Waals surface area contributed by atoms with Gasteiger partial charge in [0.15, 0.2) is 0 Å². The van der Waals surface area contributed by atoms with Gasteiger partial charge in [-0.2, -0.15) is 0 Å². The molecule has 0 aromatic carbocycles. The molecule has 4 nitrogen and oxygen atoms in total. The molecule has 0 radical (unpaired) electrons. The predicted molar refractivity (Wildman–Crippen MR) is 64.4 cm³/mol. The number of quaternary nitrogens is 1. The summed E-state index contributed by atoms with van der Waals surface area (Å²) in [4.78, 5) is 10.3. The number of carboxylic acids is 1. The van der Waals surface area contributed by atoms with Crippen molar-refractivity contribution in [3.05, 3.63) is 0 Å². The van der Waals surface area contributed by atoms with Crippen LogP contribution in [0.5, 0.6) is 0 Å². The van der Waals surface area contributed by atoms with Crippen LogP contribution in [0.3, 0.4) is 0 Å². The van der Waals surface area contributed by atoms with E-state index < -0.39 is 5.97 Å². The molecule has 4 heteroatoms. The van der Waals surface area contributed by atoms with Gasteiger partial charge in [0.2, 0.25) is 0 Å². The van der Waals surface area contributed by atoms with Gasteiger partial charge in [0.1, 0.15) is 0 Å². The Morgan fingerprint density at radius 2 is 1.75 bits per heavy atom. The van der Waals surface area contributed by atoms with Crippen molar-refractivity contribution in [1.29, 1.82) is 0 Å². The van der Waals surface area contributed by atoms with E-state index in [2.05, 4.69) is 14.1 Å². The van der Waals surface area contributed by atoms with Gasteiger partial charge in [-0.3, -0.25) is 4.79 Å².